The molecule has 17 heavy (non-hydrogen) atoms. The van der Waals surface area contributed by atoms with Crippen molar-refractivity contribution in [3.05, 3.63) is 12.2 Å². The number of allylic oxidation sites excluding steroid dienone is 2. The van der Waals surface area contributed by atoms with Crippen molar-refractivity contribution in [3.63, 3.8) is 0 Å². The molecule has 0 unspecified atom stereocenters. The van der Waals surface area contributed by atoms with E-state index in [4.69, 9.17) is 0 Å². The topological polar surface area (TPSA) is 58.2 Å². The van der Waals surface area contributed by atoms with Crippen molar-refractivity contribution in [3.8, 4) is 0 Å². The van der Waals surface area contributed by atoms with Gasteiger partial charge in [0.25, 0.3) is 0 Å². The smallest absolute Gasteiger partial charge is 0.223 e. The summed E-state index contributed by atoms with van der Waals surface area (Å²) in [6, 6.07) is 0. The normalized spacial score (nSPS) is 19.1. The lowest BCUT2D eigenvalue weighted by Crippen LogP contribution is -2.38. The van der Waals surface area contributed by atoms with Gasteiger partial charge in [-0.05, 0) is 19.3 Å². The Labute approximate surface area is 103 Å². The van der Waals surface area contributed by atoms with Crippen LogP contribution < -0.4 is 10.6 Å². The maximum atomic E-state index is 11.7. The van der Waals surface area contributed by atoms with E-state index < -0.39 is 0 Å². The average Bonchev–Trinajstić information content (AvgIpc) is 2.35. The Morgan fingerprint density at radius 3 is 2.53 bits per heavy atom. The molecule has 0 spiro atoms. The molecule has 0 fully saturated rings. The van der Waals surface area contributed by atoms with Crippen molar-refractivity contribution in [1.82, 2.24) is 10.6 Å². The predicted octanol–water partition coefficient (Wildman–Crippen LogP) is 1.23. The van der Waals surface area contributed by atoms with Gasteiger partial charge in [-0.25, -0.2) is 0 Å². The van der Waals surface area contributed by atoms with Crippen LogP contribution in [-0.2, 0) is 9.59 Å². The second kappa shape index (κ2) is 7.09. The zero-order chi connectivity index (χ0) is 12.7. The number of nitrogens with one attached hydrogen (secondary N) is 2. The first-order valence-corrected chi connectivity index (χ1v) is 6.31. The van der Waals surface area contributed by atoms with Crippen LogP contribution in [0, 0.1) is 11.8 Å². The van der Waals surface area contributed by atoms with Crippen LogP contribution in [-0.4, -0.2) is 24.9 Å². The summed E-state index contributed by atoms with van der Waals surface area (Å²) in [7, 11) is 0. The molecule has 0 saturated carbocycles. The Morgan fingerprint density at radius 2 is 1.94 bits per heavy atom. The summed E-state index contributed by atoms with van der Waals surface area (Å²) < 4.78 is 0. The van der Waals surface area contributed by atoms with Gasteiger partial charge in [-0.2, -0.15) is 0 Å². The van der Waals surface area contributed by atoms with E-state index in [1.807, 2.05) is 13.8 Å². The number of rotatable bonds is 5. The summed E-state index contributed by atoms with van der Waals surface area (Å²) in [5.74, 6) is 0.239. The molecule has 1 rings (SSSR count). The third-order valence-corrected chi connectivity index (χ3v) is 2.89. The highest BCUT2D eigenvalue weighted by molar-refractivity contribution is 5.79. The number of amides is 2. The summed E-state index contributed by atoms with van der Waals surface area (Å²) in [5, 5.41) is 5.63. The van der Waals surface area contributed by atoms with Gasteiger partial charge >= 0.3 is 0 Å². The molecular weight excluding hydrogens is 216 g/mol. The molecule has 2 amide bonds. The molecule has 0 aromatic heterocycles. The van der Waals surface area contributed by atoms with E-state index in [0.717, 1.165) is 19.3 Å². The maximum Gasteiger partial charge on any atom is 0.223 e. The fraction of sp³-hybridized carbons (Fsp3) is 0.692. The van der Waals surface area contributed by atoms with Crippen LogP contribution in [0.25, 0.3) is 0 Å². The molecule has 0 heterocycles. The van der Waals surface area contributed by atoms with E-state index in [-0.39, 0.29) is 23.7 Å². The van der Waals surface area contributed by atoms with Crippen molar-refractivity contribution in [2.24, 2.45) is 11.8 Å². The van der Waals surface area contributed by atoms with E-state index in [9.17, 15) is 9.59 Å². The van der Waals surface area contributed by atoms with E-state index >= 15 is 0 Å². The monoisotopic (exact) mass is 238 g/mol. The number of hydrogen-bond acceptors (Lipinski definition) is 2. The van der Waals surface area contributed by atoms with Gasteiger partial charge < -0.3 is 10.6 Å². The fourth-order valence-corrected chi connectivity index (χ4v) is 1.75. The highest BCUT2D eigenvalue weighted by Crippen LogP contribution is 2.17. The fourth-order valence-electron chi connectivity index (χ4n) is 1.75. The second-order valence-electron chi connectivity index (χ2n) is 4.72. The van der Waals surface area contributed by atoms with Crippen molar-refractivity contribution in [2.45, 2.75) is 33.1 Å². The van der Waals surface area contributed by atoms with E-state index in [1.165, 1.54) is 0 Å². The van der Waals surface area contributed by atoms with Crippen LogP contribution in [0.3, 0.4) is 0 Å². The van der Waals surface area contributed by atoms with Crippen molar-refractivity contribution in [2.75, 3.05) is 13.1 Å². The first kappa shape index (κ1) is 13.7. The predicted molar refractivity (Wildman–Crippen MR) is 67.3 cm³/mol. The lowest BCUT2D eigenvalue weighted by Gasteiger charge is -2.17. The van der Waals surface area contributed by atoms with Crippen molar-refractivity contribution in [1.29, 1.82) is 0 Å². The minimum absolute atomic E-state index is 0.00539. The van der Waals surface area contributed by atoms with Gasteiger partial charge in [0.2, 0.25) is 11.8 Å². The molecule has 0 radical (unpaired) electrons. The molecule has 0 bridgehead atoms. The number of hydrogen-bond donors (Lipinski definition) is 2. The van der Waals surface area contributed by atoms with Crippen LogP contribution in [0.5, 0.6) is 0 Å². The Morgan fingerprint density at radius 1 is 1.24 bits per heavy atom. The minimum Gasteiger partial charge on any atom is -0.354 e. The lowest BCUT2D eigenvalue weighted by atomic mass is 9.94. The third-order valence-electron chi connectivity index (χ3n) is 2.89. The molecule has 2 N–H and O–H groups in total. The standard InChI is InChI=1S/C13H22N2O2/c1-10(2)12(16)14-8-9-15-13(17)11-6-4-3-5-7-11/h3-4,10-11H,5-9H2,1-2H3,(H,14,16)(H,15,17)/t11-/m1/s1. The summed E-state index contributed by atoms with van der Waals surface area (Å²) in [5.41, 5.74) is 0. The average molecular weight is 238 g/mol. The number of carbonyl (C=O) groups excluding carboxylic acids is 2. The first-order chi connectivity index (χ1) is 8.11. The molecule has 0 aromatic carbocycles. The molecule has 1 atom stereocenters. The zero-order valence-corrected chi connectivity index (χ0v) is 10.7. The van der Waals surface area contributed by atoms with Gasteiger partial charge in [-0.15, -0.1) is 0 Å². The van der Waals surface area contributed by atoms with Gasteiger partial charge in [-0.1, -0.05) is 26.0 Å². The summed E-state index contributed by atoms with van der Waals surface area (Å²) in [6.07, 6.45) is 6.94. The van der Waals surface area contributed by atoms with Crippen LogP contribution in [0.15, 0.2) is 12.2 Å². The van der Waals surface area contributed by atoms with E-state index in [2.05, 4.69) is 22.8 Å². The highest BCUT2D eigenvalue weighted by atomic mass is 16.2. The van der Waals surface area contributed by atoms with Gasteiger partial charge in [-0.3, -0.25) is 9.59 Å². The maximum absolute atomic E-state index is 11.7. The SMILES string of the molecule is CC(C)C(=O)NCCNC(=O)[C@@H]1CC=CCC1. The summed E-state index contributed by atoms with van der Waals surface area (Å²) in [4.78, 5) is 23.0. The van der Waals surface area contributed by atoms with Gasteiger partial charge in [0, 0.05) is 24.9 Å². The zero-order valence-electron chi connectivity index (χ0n) is 10.7. The third kappa shape index (κ3) is 5.02. The van der Waals surface area contributed by atoms with E-state index in [1.54, 1.807) is 0 Å². The molecule has 1 aliphatic carbocycles. The van der Waals surface area contributed by atoms with Gasteiger partial charge in [0.15, 0.2) is 0 Å². The highest BCUT2D eigenvalue weighted by Gasteiger charge is 2.17. The Bertz CT molecular complexity index is 298. The summed E-state index contributed by atoms with van der Waals surface area (Å²) >= 11 is 0. The van der Waals surface area contributed by atoms with Crippen molar-refractivity contribution >= 4 is 11.8 Å². The van der Waals surface area contributed by atoms with Crippen molar-refractivity contribution < 1.29 is 9.59 Å². The Kier molecular flexibility index (Phi) is 5.73. The molecule has 4 heteroatoms. The largest absolute Gasteiger partial charge is 0.354 e. The van der Waals surface area contributed by atoms with Crippen LogP contribution in [0.1, 0.15) is 33.1 Å². The molecular formula is C13H22N2O2. The quantitative estimate of drug-likeness (QED) is 0.559. The first-order valence-electron chi connectivity index (χ1n) is 6.31. The molecule has 4 nitrogen and oxygen atoms in total. The van der Waals surface area contributed by atoms with E-state index in [0.29, 0.717) is 13.1 Å². The molecule has 96 valence electrons. The lowest BCUT2D eigenvalue weighted by molar-refractivity contribution is -0.126. The van der Waals surface area contributed by atoms with Crippen LogP contribution in [0.2, 0.25) is 0 Å². The minimum atomic E-state index is -0.00539. The molecule has 0 aromatic rings. The van der Waals surface area contributed by atoms with Crippen LogP contribution >= 0.6 is 0 Å². The molecule has 1 aliphatic rings. The Balaban J connectivity index is 2.12. The molecule has 0 aliphatic heterocycles. The summed E-state index contributed by atoms with van der Waals surface area (Å²) in [6.45, 7) is 4.72. The van der Waals surface area contributed by atoms with Gasteiger partial charge in [0.05, 0.1) is 0 Å². The van der Waals surface area contributed by atoms with Crippen LogP contribution in [0.4, 0.5) is 0 Å². The Hall–Kier alpha value is -1.32. The molecule has 0 saturated heterocycles. The second-order valence-corrected chi connectivity index (χ2v) is 4.72. The van der Waals surface area contributed by atoms with Gasteiger partial charge in [0.1, 0.15) is 0 Å². The number of carbonyl (C=O) groups is 2.